The second-order valence-electron chi connectivity index (χ2n) is 5.24. The van der Waals surface area contributed by atoms with Crippen LogP contribution in [-0.2, 0) is 6.42 Å². The highest BCUT2D eigenvalue weighted by molar-refractivity contribution is 5.92. The van der Waals surface area contributed by atoms with Crippen molar-refractivity contribution in [3.63, 3.8) is 0 Å². The van der Waals surface area contributed by atoms with E-state index in [4.69, 9.17) is 9.15 Å². The molecule has 0 unspecified atom stereocenters. The smallest absolute Gasteiger partial charge is 0.270 e. The van der Waals surface area contributed by atoms with Crippen molar-refractivity contribution >= 4 is 5.91 Å². The summed E-state index contributed by atoms with van der Waals surface area (Å²) < 4.78 is 23.4. The first kappa shape index (κ1) is 16.6. The van der Waals surface area contributed by atoms with E-state index in [0.29, 0.717) is 35.9 Å². The van der Waals surface area contributed by atoms with Crippen LogP contribution in [0, 0.1) is 5.82 Å². The van der Waals surface area contributed by atoms with Crippen molar-refractivity contribution in [3.8, 4) is 17.2 Å². The molecule has 1 amide bonds. The molecule has 0 aliphatic carbocycles. The van der Waals surface area contributed by atoms with Crippen molar-refractivity contribution in [2.24, 2.45) is 0 Å². The molecule has 0 radical (unpaired) electrons. The summed E-state index contributed by atoms with van der Waals surface area (Å²) in [4.78, 5) is 20.4. The third-order valence-electron chi connectivity index (χ3n) is 3.51. The number of aromatic nitrogens is 2. The van der Waals surface area contributed by atoms with E-state index in [1.165, 1.54) is 31.7 Å². The Morgan fingerprint density at radius 3 is 2.84 bits per heavy atom. The van der Waals surface area contributed by atoms with Gasteiger partial charge in [0.15, 0.2) is 0 Å². The number of hydrogen-bond acceptors (Lipinski definition) is 5. The van der Waals surface area contributed by atoms with Gasteiger partial charge in [-0.25, -0.2) is 9.37 Å². The van der Waals surface area contributed by atoms with Crippen LogP contribution in [-0.4, -0.2) is 29.5 Å². The van der Waals surface area contributed by atoms with Crippen LogP contribution in [0.3, 0.4) is 0 Å². The van der Waals surface area contributed by atoms with Crippen LogP contribution in [0.2, 0.25) is 0 Å². The number of halogens is 1. The van der Waals surface area contributed by atoms with Gasteiger partial charge >= 0.3 is 0 Å². The Balaban J connectivity index is 1.55. The molecule has 2 aromatic heterocycles. The standard InChI is InChI=1S/C18H16FN3O3/c1-24-15-7-9-20-16(10-15)17(23)21-8-6-14-11-25-18(22-14)12-2-4-13(19)5-3-12/h2-5,7,9-11H,6,8H2,1H3,(H,21,23). The van der Waals surface area contributed by atoms with Gasteiger partial charge in [-0.3, -0.25) is 9.78 Å². The number of rotatable bonds is 6. The molecule has 128 valence electrons. The number of benzene rings is 1. The molecule has 25 heavy (non-hydrogen) atoms. The van der Waals surface area contributed by atoms with Gasteiger partial charge in [-0.05, 0) is 30.3 Å². The average molecular weight is 341 g/mol. The van der Waals surface area contributed by atoms with Crippen molar-refractivity contribution in [2.45, 2.75) is 6.42 Å². The number of methoxy groups -OCH3 is 1. The predicted molar refractivity (Wildman–Crippen MR) is 88.7 cm³/mol. The molecule has 0 aliphatic rings. The van der Waals surface area contributed by atoms with E-state index in [1.807, 2.05) is 0 Å². The number of carbonyl (C=O) groups excluding carboxylic acids is 1. The number of nitrogens with zero attached hydrogens (tertiary/aromatic N) is 2. The van der Waals surface area contributed by atoms with Crippen LogP contribution in [0.25, 0.3) is 11.5 Å². The second-order valence-corrected chi connectivity index (χ2v) is 5.24. The highest BCUT2D eigenvalue weighted by Gasteiger charge is 2.10. The monoisotopic (exact) mass is 341 g/mol. The normalized spacial score (nSPS) is 10.5. The number of hydrogen-bond donors (Lipinski definition) is 1. The van der Waals surface area contributed by atoms with Gasteiger partial charge in [0.2, 0.25) is 5.89 Å². The number of amides is 1. The molecule has 1 N–H and O–H groups in total. The summed E-state index contributed by atoms with van der Waals surface area (Å²) >= 11 is 0. The summed E-state index contributed by atoms with van der Waals surface area (Å²) in [5.41, 5.74) is 1.67. The van der Waals surface area contributed by atoms with Gasteiger partial charge in [-0.2, -0.15) is 0 Å². The number of oxazole rings is 1. The molecule has 0 saturated carbocycles. The van der Waals surface area contributed by atoms with Gasteiger partial charge in [0, 0.05) is 30.8 Å². The van der Waals surface area contributed by atoms with Crippen LogP contribution in [0.5, 0.6) is 5.75 Å². The Labute approximate surface area is 143 Å². The fraction of sp³-hybridized carbons (Fsp3) is 0.167. The number of nitrogens with one attached hydrogen (secondary N) is 1. The molecule has 2 heterocycles. The lowest BCUT2D eigenvalue weighted by molar-refractivity contribution is 0.0948. The zero-order valence-corrected chi connectivity index (χ0v) is 13.5. The van der Waals surface area contributed by atoms with Crippen molar-refractivity contribution in [2.75, 3.05) is 13.7 Å². The molecule has 0 aliphatic heterocycles. The molecule has 1 aromatic carbocycles. The summed E-state index contributed by atoms with van der Waals surface area (Å²) in [6.07, 6.45) is 3.54. The summed E-state index contributed by atoms with van der Waals surface area (Å²) in [6, 6.07) is 9.13. The molecule has 0 saturated heterocycles. The third-order valence-corrected chi connectivity index (χ3v) is 3.51. The Morgan fingerprint density at radius 1 is 1.28 bits per heavy atom. The van der Waals surface area contributed by atoms with Crippen molar-refractivity contribution < 1.29 is 18.3 Å². The Hall–Kier alpha value is -3.22. The average Bonchev–Trinajstić information content (AvgIpc) is 3.11. The van der Waals surface area contributed by atoms with E-state index < -0.39 is 0 Å². The summed E-state index contributed by atoms with van der Waals surface area (Å²) in [5.74, 6) is 0.377. The van der Waals surface area contributed by atoms with Crippen molar-refractivity contribution in [3.05, 3.63) is 66.1 Å². The fourth-order valence-corrected chi connectivity index (χ4v) is 2.20. The second kappa shape index (κ2) is 7.57. The maximum Gasteiger partial charge on any atom is 0.270 e. The van der Waals surface area contributed by atoms with Crippen LogP contribution >= 0.6 is 0 Å². The molecule has 0 bridgehead atoms. The topological polar surface area (TPSA) is 77.2 Å². The first-order chi connectivity index (χ1) is 12.2. The highest BCUT2D eigenvalue weighted by Crippen LogP contribution is 2.19. The highest BCUT2D eigenvalue weighted by atomic mass is 19.1. The van der Waals surface area contributed by atoms with Crippen LogP contribution in [0.4, 0.5) is 4.39 Å². The predicted octanol–water partition coefficient (Wildman–Crippen LogP) is 2.86. The molecule has 7 heteroatoms. The fourth-order valence-electron chi connectivity index (χ4n) is 2.20. The van der Waals surface area contributed by atoms with Crippen LogP contribution < -0.4 is 10.1 Å². The molecular formula is C18H16FN3O3. The lowest BCUT2D eigenvalue weighted by Crippen LogP contribution is -2.26. The summed E-state index contributed by atoms with van der Waals surface area (Å²) in [5, 5.41) is 2.77. The van der Waals surface area contributed by atoms with Crippen molar-refractivity contribution in [1.29, 1.82) is 0 Å². The molecule has 0 atom stereocenters. The zero-order chi connectivity index (χ0) is 17.6. The lowest BCUT2D eigenvalue weighted by atomic mass is 10.2. The van der Waals surface area contributed by atoms with E-state index in [2.05, 4.69) is 15.3 Å². The van der Waals surface area contributed by atoms with Gasteiger partial charge in [-0.1, -0.05) is 0 Å². The van der Waals surface area contributed by atoms with E-state index in [0.717, 1.165) is 0 Å². The number of carbonyl (C=O) groups is 1. The Bertz CT molecular complexity index is 862. The van der Waals surface area contributed by atoms with E-state index >= 15 is 0 Å². The van der Waals surface area contributed by atoms with Gasteiger partial charge in [-0.15, -0.1) is 0 Å². The Kier molecular flexibility index (Phi) is 5.03. The van der Waals surface area contributed by atoms with Crippen LogP contribution in [0.15, 0.2) is 53.3 Å². The zero-order valence-electron chi connectivity index (χ0n) is 13.5. The van der Waals surface area contributed by atoms with Gasteiger partial charge in [0.05, 0.1) is 12.8 Å². The molecule has 3 rings (SSSR count). The van der Waals surface area contributed by atoms with Gasteiger partial charge in [0.25, 0.3) is 5.91 Å². The maximum atomic E-state index is 12.9. The molecule has 3 aromatic rings. The van der Waals surface area contributed by atoms with E-state index in [1.54, 1.807) is 24.3 Å². The van der Waals surface area contributed by atoms with Crippen molar-refractivity contribution in [1.82, 2.24) is 15.3 Å². The molecule has 0 spiro atoms. The van der Waals surface area contributed by atoms with Gasteiger partial charge in [0.1, 0.15) is 23.5 Å². The first-order valence-electron chi connectivity index (χ1n) is 7.64. The lowest BCUT2D eigenvalue weighted by Gasteiger charge is -2.04. The minimum Gasteiger partial charge on any atom is -0.497 e. The van der Waals surface area contributed by atoms with E-state index in [-0.39, 0.29) is 17.4 Å². The maximum absolute atomic E-state index is 12.9. The molecule has 0 fully saturated rings. The summed E-state index contributed by atoms with van der Waals surface area (Å²) in [6.45, 7) is 0.382. The minimum absolute atomic E-state index is 0.284. The number of pyridine rings is 1. The number of ether oxygens (including phenoxy) is 1. The quantitative estimate of drug-likeness (QED) is 0.746. The largest absolute Gasteiger partial charge is 0.497 e. The minimum atomic E-state index is -0.315. The summed E-state index contributed by atoms with van der Waals surface area (Å²) in [7, 11) is 1.53. The molecule has 6 nitrogen and oxygen atoms in total. The van der Waals surface area contributed by atoms with Gasteiger partial charge < -0.3 is 14.5 Å². The third kappa shape index (κ3) is 4.20. The Morgan fingerprint density at radius 2 is 2.08 bits per heavy atom. The van der Waals surface area contributed by atoms with E-state index in [9.17, 15) is 9.18 Å². The van der Waals surface area contributed by atoms with Crippen LogP contribution in [0.1, 0.15) is 16.2 Å². The first-order valence-corrected chi connectivity index (χ1v) is 7.64. The molecular weight excluding hydrogens is 325 g/mol. The SMILES string of the molecule is COc1ccnc(C(=O)NCCc2coc(-c3ccc(F)cc3)n2)c1.